The van der Waals surface area contributed by atoms with Crippen LogP contribution in [-0.2, 0) is 19.1 Å². The van der Waals surface area contributed by atoms with Gasteiger partial charge in [0.25, 0.3) is 0 Å². The smallest absolute Gasteiger partial charge is 0.309 e. The number of para-hydroxylation sites is 1. The summed E-state index contributed by atoms with van der Waals surface area (Å²) < 4.78 is 16.1. The Morgan fingerprint density at radius 2 is 1.33 bits per heavy atom. The quantitative estimate of drug-likeness (QED) is 0.278. The molecule has 0 spiro atoms. The number of aliphatic imine (C=N–C) groups is 1. The van der Waals surface area contributed by atoms with Crippen molar-refractivity contribution < 1.29 is 28.6 Å². The average molecular weight is 405 g/mol. The Balaban J connectivity index is 2.35. The normalized spacial score (nSPS) is 11.1. The molecule has 0 fully saturated rings. The first-order valence-corrected chi connectivity index (χ1v) is 9.10. The topological polar surface area (TPSA) is 91.3 Å². The molecule has 0 aliphatic carbocycles. The summed E-state index contributed by atoms with van der Waals surface area (Å²) in [6, 6.07) is 17.6. The second kappa shape index (κ2) is 9.00. The molecular formula is C23H19NO6. The van der Waals surface area contributed by atoms with Crippen LogP contribution >= 0.6 is 0 Å². The summed E-state index contributed by atoms with van der Waals surface area (Å²) in [5, 5.41) is 1.22. The Hall–Kier alpha value is -4.00. The maximum absolute atomic E-state index is 11.8. The van der Waals surface area contributed by atoms with Gasteiger partial charge in [0.2, 0.25) is 5.90 Å². The number of rotatable bonds is 4. The summed E-state index contributed by atoms with van der Waals surface area (Å²) in [5.41, 5.74) is 0.712. The fourth-order valence-electron chi connectivity index (χ4n) is 2.84. The molecule has 0 aliphatic rings. The van der Waals surface area contributed by atoms with Crippen molar-refractivity contribution in [2.45, 2.75) is 20.8 Å². The van der Waals surface area contributed by atoms with Crippen LogP contribution in [0.25, 0.3) is 10.8 Å². The molecule has 0 heterocycles. The Kier molecular flexibility index (Phi) is 6.22. The van der Waals surface area contributed by atoms with E-state index in [1.807, 2.05) is 6.07 Å². The number of nitrogens with zero attached hydrogens (tertiary/aromatic N) is 1. The third-order valence-corrected chi connectivity index (χ3v) is 3.91. The molecule has 0 aromatic heterocycles. The summed E-state index contributed by atoms with van der Waals surface area (Å²) in [7, 11) is 0. The van der Waals surface area contributed by atoms with Crippen molar-refractivity contribution >= 4 is 40.3 Å². The maximum atomic E-state index is 11.8. The zero-order valence-corrected chi connectivity index (χ0v) is 16.7. The van der Waals surface area contributed by atoms with Crippen LogP contribution in [-0.4, -0.2) is 23.8 Å². The third kappa shape index (κ3) is 4.88. The molecule has 7 heteroatoms. The number of carbonyl (C=O) groups excluding carboxylic acids is 3. The maximum Gasteiger partial charge on any atom is 0.309 e. The summed E-state index contributed by atoms with van der Waals surface area (Å²) in [6.45, 7) is 3.69. The highest BCUT2D eigenvalue weighted by molar-refractivity contribution is 6.09. The number of carbonyl (C=O) groups is 3. The predicted octanol–water partition coefficient (Wildman–Crippen LogP) is 4.33. The van der Waals surface area contributed by atoms with E-state index in [4.69, 9.17) is 14.2 Å². The lowest BCUT2D eigenvalue weighted by atomic mass is 10.0. The van der Waals surface area contributed by atoms with Gasteiger partial charge in [0.1, 0.15) is 0 Å². The van der Waals surface area contributed by atoms with Crippen LogP contribution in [0.1, 0.15) is 26.3 Å². The first-order chi connectivity index (χ1) is 14.3. The van der Waals surface area contributed by atoms with Crippen LogP contribution in [0.15, 0.2) is 65.7 Å². The number of hydrogen-bond donors (Lipinski definition) is 0. The SMILES string of the molecule is CC(=O)OC(=Nc1ccccc1)c1cc2ccccc2c(OC(C)=O)c1OC(C)=O. The van der Waals surface area contributed by atoms with Gasteiger partial charge < -0.3 is 14.2 Å². The second-order valence-electron chi connectivity index (χ2n) is 6.34. The Labute approximate surface area is 172 Å². The lowest BCUT2D eigenvalue weighted by Crippen LogP contribution is -2.16. The lowest BCUT2D eigenvalue weighted by Gasteiger charge is -2.17. The molecule has 0 unspecified atom stereocenters. The van der Waals surface area contributed by atoms with Gasteiger partial charge in [-0.25, -0.2) is 4.99 Å². The number of esters is 3. The molecule has 0 amide bonds. The Bertz CT molecular complexity index is 1150. The molecule has 30 heavy (non-hydrogen) atoms. The largest absolute Gasteiger partial charge is 0.422 e. The highest BCUT2D eigenvalue weighted by atomic mass is 16.6. The van der Waals surface area contributed by atoms with Gasteiger partial charge in [-0.15, -0.1) is 0 Å². The van der Waals surface area contributed by atoms with Crippen LogP contribution < -0.4 is 9.47 Å². The number of fused-ring (bicyclic) bond motifs is 1. The monoisotopic (exact) mass is 405 g/mol. The second-order valence-corrected chi connectivity index (χ2v) is 6.34. The third-order valence-electron chi connectivity index (χ3n) is 3.91. The van der Waals surface area contributed by atoms with Crippen molar-refractivity contribution in [3.63, 3.8) is 0 Å². The summed E-state index contributed by atoms with van der Waals surface area (Å²) in [6.07, 6.45) is 0. The Morgan fingerprint density at radius 3 is 1.97 bits per heavy atom. The van der Waals surface area contributed by atoms with Gasteiger partial charge in [0.05, 0.1) is 11.3 Å². The fraction of sp³-hybridized carbons (Fsp3) is 0.130. The Morgan fingerprint density at radius 1 is 0.733 bits per heavy atom. The highest BCUT2D eigenvalue weighted by Gasteiger charge is 2.24. The molecule has 0 atom stereocenters. The van der Waals surface area contributed by atoms with E-state index < -0.39 is 17.9 Å². The molecule has 152 valence electrons. The van der Waals surface area contributed by atoms with E-state index >= 15 is 0 Å². The van der Waals surface area contributed by atoms with E-state index in [0.717, 1.165) is 0 Å². The van der Waals surface area contributed by atoms with Crippen molar-refractivity contribution in [1.29, 1.82) is 0 Å². The van der Waals surface area contributed by atoms with Crippen LogP contribution in [0.5, 0.6) is 11.5 Å². The molecule has 3 rings (SSSR count). The van der Waals surface area contributed by atoms with Crippen LogP contribution in [0, 0.1) is 0 Å². The van der Waals surface area contributed by atoms with Gasteiger partial charge in [-0.1, -0.05) is 42.5 Å². The van der Waals surface area contributed by atoms with Crippen molar-refractivity contribution in [2.24, 2.45) is 4.99 Å². The van der Waals surface area contributed by atoms with Crippen LogP contribution in [0.3, 0.4) is 0 Å². The molecule has 3 aromatic carbocycles. The van der Waals surface area contributed by atoms with Gasteiger partial charge in [0.15, 0.2) is 11.5 Å². The zero-order chi connectivity index (χ0) is 21.7. The summed E-state index contributed by atoms with van der Waals surface area (Å²) in [4.78, 5) is 39.8. The van der Waals surface area contributed by atoms with Crippen LogP contribution in [0.2, 0.25) is 0 Å². The van der Waals surface area contributed by atoms with Crippen molar-refractivity contribution in [1.82, 2.24) is 0 Å². The van der Waals surface area contributed by atoms with Crippen molar-refractivity contribution in [3.8, 4) is 11.5 Å². The summed E-state index contributed by atoms with van der Waals surface area (Å²) in [5.74, 6) is -1.96. The van der Waals surface area contributed by atoms with Gasteiger partial charge in [-0.3, -0.25) is 14.4 Å². The van der Waals surface area contributed by atoms with Crippen LogP contribution in [0.4, 0.5) is 5.69 Å². The minimum atomic E-state index is -0.637. The number of benzene rings is 3. The molecular weight excluding hydrogens is 386 g/mol. The molecule has 0 aliphatic heterocycles. The number of ether oxygens (including phenoxy) is 3. The van der Waals surface area contributed by atoms with Crippen molar-refractivity contribution in [2.75, 3.05) is 0 Å². The predicted molar refractivity (Wildman–Crippen MR) is 111 cm³/mol. The first kappa shape index (κ1) is 20.7. The molecule has 0 saturated carbocycles. The van der Waals surface area contributed by atoms with Gasteiger partial charge in [0, 0.05) is 26.2 Å². The van der Waals surface area contributed by atoms with E-state index in [0.29, 0.717) is 16.5 Å². The van der Waals surface area contributed by atoms with Crippen molar-refractivity contribution in [3.05, 3.63) is 66.2 Å². The highest BCUT2D eigenvalue weighted by Crippen LogP contribution is 2.40. The zero-order valence-electron chi connectivity index (χ0n) is 16.7. The minimum Gasteiger partial charge on any atom is -0.422 e. The molecule has 0 radical (unpaired) electrons. The fourth-order valence-corrected chi connectivity index (χ4v) is 2.84. The first-order valence-electron chi connectivity index (χ1n) is 9.10. The van der Waals surface area contributed by atoms with E-state index in [2.05, 4.69) is 4.99 Å². The van der Waals surface area contributed by atoms with Gasteiger partial charge in [-0.05, 0) is 23.6 Å². The van der Waals surface area contributed by atoms with Gasteiger partial charge >= 0.3 is 17.9 Å². The van der Waals surface area contributed by atoms with E-state index in [9.17, 15) is 14.4 Å². The number of hydrogen-bond acceptors (Lipinski definition) is 7. The molecule has 0 N–H and O–H groups in total. The average Bonchev–Trinajstić information content (AvgIpc) is 2.69. The van der Waals surface area contributed by atoms with E-state index in [-0.39, 0.29) is 23.0 Å². The standard InChI is InChI=1S/C23H19NO6/c1-14(25)28-21-19-12-8-7-9-17(19)13-20(22(21)29-15(2)26)23(30-16(3)27)24-18-10-5-4-6-11-18/h4-13H,1-3H3. The lowest BCUT2D eigenvalue weighted by molar-refractivity contribution is -0.134. The minimum absolute atomic E-state index is 0.0405. The molecule has 7 nitrogen and oxygen atoms in total. The molecule has 0 bridgehead atoms. The molecule has 3 aromatic rings. The van der Waals surface area contributed by atoms with E-state index in [1.54, 1.807) is 54.6 Å². The molecule has 0 saturated heterocycles. The summed E-state index contributed by atoms with van der Waals surface area (Å²) >= 11 is 0. The van der Waals surface area contributed by atoms with E-state index in [1.165, 1.54) is 20.8 Å². The van der Waals surface area contributed by atoms with Gasteiger partial charge in [-0.2, -0.15) is 0 Å².